The third-order valence-corrected chi connectivity index (χ3v) is 6.07. The summed E-state index contributed by atoms with van der Waals surface area (Å²) in [6, 6.07) is 18.5. The van der Waals surface area contributed by atoms with Gasteiger partial charge in [-0.3, -0.25) is 9.52 Å². The van der Waals surface area contributed by atoms with Crippen LogP contribution >= 0.6 is 15.9 Å². The lowest BCUT2D eigenvalue weighted by Crippen LogP contribution is -2.19. The predicted octanol–water partition coefficient (Wildman–Crippen LogP) is 5.21. The summed E-state index contributed by atoms with van der Waals surface area (Å²) in [6.07, 6.45) is 0. The Balaban J connectivity index is 1.93. The molecular weight excluding hydrogens is 468 g/mol. The van der Waals surface area contributed by atoms with Crippen LogP contribution in [0, 0.1) is 6.92 Å². The Labute approximate surface area is 184 Å². The van der Waals surface area contributed by atoms with Gasteiger partial charge in [0, 0.05) is 10.2 Å². The molecule has 3 aromatic rings. The lowest BCUT2D eigenvalue weighted by Gasteiger charge is -2.15. The molecule has 3 rings (SSSR count). The highest BCUT2D eigenvalue weighted by Crippen LogP contribution is 2.30. The molecule has 3 aromatic carbocycles. The monoisotopic (exact) mass is 488 g/mol. The number of hydrogen-bond donors (Lipinski definition) is 2. The van der Waals surface area contributed by atoms with Crippen LogP contribution in [0.15, 0.2) is 76.1 Å². The fourth-order valence-corrected chi connectivity index (χ4v) is 4.62. The SMILES string of the molecule is CCOc1ccc(Br)cc1S(=O)(=O)Nc1ccccc1C(=O)Nc1cccc(C)c1. The summed E-state index contributed by atoms with van der Waals surface area (Å²) in [6.45, 7) is 4.02. The van der Waals surface area contributed by atoms with Crippen molar-refractivity contribution in [1.82, 2.24) is 0 Å². The van der Waals surface area contributed by atoms with Crippen LogP contribution in [0.2, 0.25) is 0 Å². The number of hydrogen-bond acceptors (Lipinski definition) is 4. The van der Waals surface area contributed by atoms with Gasteiger partial charge in [0.1, 0.15) is 10.6 Å². The average Bonchev–Trinajstić information content (AvgIpc) is 2.69. The molecule has 0 fully saturated rings. The Morgan fingerprint density at radius 3 is 2.53 bits per heavy atom. The minimum atomic E-state index is -4.01. The largest absolute Gasteiger partial charge is 0.492 e. The fraction of sp³-hybridized carbons (Fsp3) is 0.136. The molecule has 6 nitrogen and oxygen atoms in total. The van der Waals surface area contributed by atoms with Crippen molar-refractivity contribution in [3.63, 3.8) is 0 Å². The highest BCUT2D eigenvalue weighted by molar-refractivity contribution is 9.10. The summed E-state index contributed by atoms with van der Waals surface area (Å²) in [7, 11) is -4.01. The van der Waals surface area contributed by atoms with E-state index in [0.29, 0.717) is 16.8 Å². The number of halogens is 1. The highest BCUT2D eigenvalue weighted by atomic mass is 79.9. The minimum absolute atomic E-state index is 0.0207. The van der Waals surface area contributed by atoms with Crippen molar-refractivity contribution in [2.75, 3.05) is 16.6 Å². The van der Waals surface area contributed by atoms with Crippen molar-refractivity contribution in [3.8, 4) is 5.75 Å². The maximum atomic E-state index is 13.1. The first-order valence-electron chi connectivity index (χ1n) is 9.22. The smallest absolute Gasteiger partial charge is 0.265 e. The van der Waals surface area contributed by atoms with Gasteiger partial charge in [-0.25, -0.2) is 8.42 Å². The van der Waals surface area contributed by atoms with Gasteiger partial charge in [-0.1, -0.05) is 40.2 Å². The molecular formula is C22H21BrN2O4S. The van der Waals surface area contributed by atoms with Crippen LogP contribution in [0.1, 0.15) is 22.8 Å². The van der Waals surface area contributed by atoms with E-state index in [1.165, 1.54) is 6.07 Å². The lowest BCUT2D eigenvalue weighted by atomic mass is 10.1. The molecule has 2 N–H and O–H groups in total. The standard InChI is InChI=1S/C22H21BrN2O4S/c1-3-29-20-12-11-16(23)14-21(20)30(27,28)25-19-10-5-4-9-18(19)22(26)24-17-8-6-7-15(2)13-17/h4-14,25H,3H2,1-2H3,(H,24,26). The van der Waals surface area contributed by atoms with Crippen LogP contribution in [0.5, 0.6) is 5.75 Å². The van der Waals surface area contributed by atoms with Crippen LogP contribution < -0.4 is 14.8 Å². The molecule has 30 heavy (non-hydrogen) atoms. The molecule has 0 saturated carbocycles. The van der Waals surface area contributed by atoms with Crippen molar-refractivity contribution in [1.29, 1.82) is 0 Å². The van der Waals surface area contributed by atoms with Gasteiger partial charge in [0.2, 0.25) is 0 Å². The van der Waals surface area contributed by atoms with E-state index < -0.39 is 15.9 Å². The van der Waals surface area contributed by atoms with E-state index in [9.17, 15) is 13.2 Å². The number of sulfonamides is 1. The molecule has 0 heterocycles. The van der Waals surface area contributed by atoms with Crippen molar-refractivity contribution >= 4 is 43.2 Å². The van der Waals surface area contributed by atoms with Gasteiger partial charge >= 0.3 is 0 Å². The molecule has 0 aliphatic carbocycles. The number of benzene rings is 3. The zero-order valence-corrected chi connectivity index (χ0v) is 18.9. The maximum Gasteiger partial charge on any atom is 0.265 e. The predicted molar refractivity (Wildman–Crippen MR) is 122 cm³/mol. The molecule has 0 saturated heterocycles. The third-order valence-electron chi connectivity index (χ3n) is 4.19. The molecule has 0 aliphatic rings. The van der Waals surface area contributed by atoms with E-state index in [1.807, 2.05) is 25.1 Å². The first kappa shape index (κ1) is 21.9. The fourth-order valence-electron chi connectivity index (χ4n) is 2.86. The van der Waals surface area contributed by atoms with Crippen LogP contribution in [0.25, 0.3) is 0 Å². The molecule has 1 amide bonds. The number of aryl methyl sites for hydroxylation is 1. The maximum absolute atomic E-state index is 13.1. The van der Waals surface area contributed by atoms with E-state index in [4.69, 9.17) is 4.74 Å². The van der Waals surface area contributed by atoms with Gasteiger partial charge in [0.25, 0.3) is 15.9 Å². The Kier molecular flexibility index (Phi) is 6.79. The number of carbonyl (C=O) groups is 1. The summed E-state index contributed by atoms with van der Waals surface area (Å²) >= 11 is 3.29. The van der Waals surface area contributed by atoms with Gasteiger partial charge < -0.3 is 10.1 Å². The molecule has 8 heteroatoms. The summed E-state index contributed by atoms with van der Waals surface area (Å²) in [5.74, 6) is -0.187. The first-order valence-corrected chi connectivity index (χ1v) is 11.5. The number of nitrogens with one attached hydrogen (secondary N) is 2. The summed E-state index contributed by atoms with van der Waals surface area (Å²) < 4.78 is 34.7. The van der Waals surface area contributed by atoms with Gasteiger partial charge in [-0.15, -0.1) is 0 Å². The average molecular weight is 489 g/mol. The zero-order valence-electron chi connectivity index (χ0n) is 16.5. The molecule has 156 valence electrons. The van der Waals surface area contributed by atoms with Gasteiger partial charge in [-0.05, 0) is 61.9 Å². The molecule has 0 unspecified atom stereocenters. The number of para-hydroxylation sites is 1. The normalized spacial score (nSPS) is 11.0. The van der Waals surface area contributed by atoms with Crippen molar-refractivity contribution < 1.29 is 17.9 Å². The van der Waals surface area contributed by atoms with Crippen molar-refractivity contribution in [3.05, 3.63) is 82.3 Å². The van der Waals surface area contributed by atoms with Crippen molar-refractivity contribution in [2.45, 2.75) is 18.7 Å². The Hall–Kier alpha value is -2.84. The Bertz CT molecular complexity index is 1180. The van der Waals surface area contributed by atoms with E-state index in [2.05, 4.69) is 26.0 Å². The number of rotatable bonds is 7. The highest BCUT2D eigenvalue weighted by Gasteiger charge is 2.23. The van der Waals surface area contributed by atoms with Crippen molar-refractivity contribution in [2.24, 2.45) is 0 Å². The quantitative estimate of drug-likeness (QED) is 0.477. The molecule has 0 aliphatic heterocycles. The molecule has 0 bridgehead atoms. The molecule has 0 atom stereocenters. The van der Waals surface area contributed by atoms with E-state index >= 15 is 0 Å². The zero-order chi connectivity index (χ0) is 21.7. The second-order valence-electron chi connectivity index (χ2n) is 6.50. The minimum Gasteiger partial charge on any atom is -0.492 e. The number of amides is 1. The third kappa shape index (κ3) is 5.20. The Morgan fingerprint density at radius 2 is 1.80 bits per heavy atom. The number of anilines is 2. The van der Waals surface area contributed by atoms with Crippen LogP contribution in [0.4, 0.5) is 11.4 Å². The molecule has 0 radical (unpaired) electrons. The summed E-state index contributed by atoms with van der Waals surface area (Å²) in [4.78, 5) is 12.8. The van der Waals surface area contributed by atoms with Crippen LogP contribution in [0.3, 0.4) is 0 Å². The first-order chi connectivity index (χ1) is 14.3. The topological polar surface area (TPSA) is 84.5 Å². The number of carbonyl (C=O) groups excluding carboxylic acids is 1. The van der Waals surface area contributed by atoms with Crippen LogP contribution in [-0.4, -0.2) is 20.9 Å². The van der Waals surface area contributed by atoms with E-state index in [0.717, 1.165) is 5.56 Å². The molecule has 0 spiro atoms. The molecule has 0 aromatic heterocycles. The summed E-state index contributed by atoms with van der Waals surface area (Å²) in [5, 5.41) is 2.80. The summed E-state index contributed by atoms with van der Waals surface area (Å²) in [5.41, 5.74) is 2.00. The van der Waals surface area contributed by atoms with E-state index in [-0.39, 0.29) is 21.9 Å². The van der Waals surface area contributed by atoms with Crippen LogP contribution in [-0.2, 0) is 10.0 Å². The second-order valence-corrected chi connectivity index (χ2v) is 9.07. The van der Waals surface area contributed by atoms with E-state index in [1.54, 1.807) is 49.4 Å². The van der Waals surface area contributed by atoms with Gasteiger partial charge in [0.15, 0.2) is 0 Å². The van der Waals surface area contributed by atoms with Gasteiger partial charge in [0.05, 0.1) is 17.9 Å². The Morgan fingerprint density at radius 1 is 1.03 bits per heavy atom. The number of ether oxygens (including phenoxy) is 1. The lowest BCUT2D eigenvalue weighted by molar-refractivity contribution is 0.102. The van der Waals surface area contributed by atoms with Gasteiger partial charge in [-0.2, -0.15) is 0 Å². The second kappa shape index (κ2) is 9.32.